The zero-order valence-electron chi connectivity index (χ0n) is 11.4. The van der Waals surface area contributed by atoms with Gasteiger partial charge in [0.05, 0.1) is 13.1 Å². The first kappa shape index (κ1) is 13.0. The topological polar surface area (TPSA) is 59.1 Å². The van der Waals surface area contributed by atoms with Crippen molar-refractivity contribution in [2.45, 2.75) is 38.4 Å². The van der Waals surface area contributed by atoms with Crippen LogP contribution in [0.3, 0.4) is 0 Å². The van der Waals surface area contributed by atoms with E-state index in [1.165, 1.54) is 0 Å². The number of hydrogen-bond donors (Lipinski definition) is 0. The summed E-state index contributed by atoms with van der Waals surface area (Å²) in [5.41, 5.74) is -1.04. The second-order valence-electron chi connectivity index (χ2n) is 6.06. The molecule has 0 aromatic heterocycles. The van der Waals surface area contributed by atoms with E-state index >= 15 is 0 Å². The second-order valence-corrected chi connectivity index (χ2v) is 6.06. The highest BCUT2D eigenvalue weighted by Crippen LogP contribution is 2.32. The van der Waals surface area contributed by atoms with Crippen molar-refractivity contribution < 1.29 is 19.1 Å². The van der Waals surface area contributed by atoms with Crippen molar-refractivity contribution in [1.82, 2.24) is 9.80 Å². The van der Waals surface area contributed by atoms with Crippen molar-refractivity contribution in [1.29, 1.82) is 0 Å². The molecule has 0 bridgehead atoms. The van der Waals surface area contributed by atoms with Gasteiger partial charge in [-0.2, -0.15) is 0 Å². The van der Waals surface area contributed by atoms with E-state index in [1.807, 2.05) is 20.8 Å². The van der Waals surface area contributed by atoms with E-state index < -0.39 is 11.2 Å². The standard InChI is InChI=1S/C12H20N2O4/c1-11(2,3)17-10(16)14-6-5-12(8-14)7-13(4)9(15)18-12/h5-8H2,1-4H3. The summed E-state index contributed by atoms with van der Waals surface area (Å²) in [6, 6.07) is 0. The van der Waals surface area contributed by atoms with Gasteiger partial charge in [0, 0.05) is 20.0 Å². The number of likely N-dealkylation sites (N-methyl/N-ethyl adjacent to an activating group) is 1. The molecule has 102 valence electrons. The molecule has 2 rings (SSSR count). The van der Waals surface area contributed by atoms with Crippen LogP contribution in [0.2, 0.25) is 0 Å². The van der Waals surface area contributed by atoms with Crippen LogP contribution in [0.1, 0.15) is 27.2 Å². The van der Waals surface area contributed by atoms with Crippen LogP contribution < -0.4 is 0 Å². The molecule has 1 spiro atoms. The third kappa shape index (κ3) is 2.52. The number of nitrogens with zero attached hydrogens (tertiary/aromatic N) is 2. The molecule has 0 radical (unpaired) electrons. The number of carbonyl (C=O) groups is 2. The van der Waals surface area contributed by atoms with Crippen molar-refractivity contribution in [3.05, 3.63) is 0 Å². The molecular formula is C12H20N2O4. The molecule has 6 heteroatoms. The van der Waals surface area contributed by atoms with Gasteiger partial charge in [0.1, 0.15) is 5.60 Å². The Balaban J connectivity index is 1.97. The van der Waals surface area contributed by atoms with E-state index in [-0.39, 0.29) is 12.2 Å². The van der Waals surface area contributed by atoms with Crippen molar-refractivity contribution >= 4 is 12.2 Å². The predicted molar refractivity (Wildman–Crippen MR) is 64.3 cm³/mol. The van der Waals surface area contributed by atoms with Gasteiger partial charge >= 0.3 is 12.2 Å². The maximum atomic E-state index is 11.9. The first-order chi connectivity index (χ1) is 8.21. The van der Waals surface area contributed by atoms with E-state index in [9.17, 15) is 9.59 Å². The number of amides is 2. The Labute approximate surface area is 107 Å². The number of hydrogen-bond acceptors (Lipinski definition) is 4. The van der Waals surface area contributed by atoms with Gasteiger partial charge in [-0.25, -0.2) is 9.59 Å². The molecule has 1 unspecified atom stereocenters. The Morgan fingerprint density at radius 3 is 2.56 bits per heavy atom. The van der Waals surface area contributed by atoms with Crippen LogP contribution in [0.25, 0.3) is 0 Å². The molecule has 0 aromatic rings. The van der Waals surface area contributed by atoms with E-state index in [2.05, 4.69) is 0 Å². The zero-order chi connectivity index (χ0) is 13.6. The Bertz CT molecular complexity index is 377. The van der Waals surface area contributed by atoms with Gasteiger partial charge in [-0.3, -0.25) is 0 Å². The van der Waals surface area contributed by atoms with Crippen molar-refractivity contribution in [3.63, 3.8) is 0 Å². The molecule has 0 N–H and O–H groups in total. The largest absolute Gasteiger partial charge is 0.444 e. The van der Waals surface area contributed by atoms with Gasteiger partial charge in [0.15, 0.2) is 5.60 Å². The van der Waals surface area contributed by atoms with Gasteiger partial charge < -0.3 is 19.3 Å². The van der Waals surface area contributed by atoms with Gasteiger partial charge in [-0.15, -0.1) is 0 Å². The highest BCUT2D eigenvalue weighted by molar-refractivity contribution is 5.72. The van der Waals surface area contributed by atoms with Gasteiger partial charge in [-0.1, -0.05) is 0 Å². The van der Waals surface area contributed by atoms with Crippen molar-refractivity contribution in [2.75, 3.05) is 26.7 Å². The van der Waals surface area contributed by atoms with E-state index in [0.29, 0.717) is 26.1 Å². The van der Waals surface area contributed by atoms with Crippen LogP contribution in [0.15, 0.2) is 0 Å². The summed E-state index contributed by atoms with van der Waals surface area (Å²) in [7, 11) is 1.70. The first-order valence-corrected chi connectivity index (χ1v) is 6.13. The van der Waals surface area contributed by atoms with Gasteiger partial charge in [0.25, 0.3) is 0 Å². The molecule has 6 nitrogen and oxygen atoms in total. The summed E-state index contributed by atoms with van der Waals surface area (Å²) in [5, 5.41) is 0. The van der Waals surface area contributed by atoms with E-state index in [1.54, 1.807) is 16.8 Å². The number of carbonyl (C=O) groups excluding carboxylic acids is 2. The van der Waals surface area contributed by atoms with Crippen molar-refractivity contribution in [2.24, 2.45) is 0 Å². The number of rotatable bonds is 0. The minimum Gasteiger partial charge on any atom is -0.444 e. The smallest absolute Gasteiger partial charge is 0.410 e. The summed E-state index contributed by atoms with van der Waals surface area (Å²) in [5.74, 6) is 0. The summed E-state index contributed by atoms with van der Waals surface area (Å²) in [6.45, 7) is 7.01. The first-order valence-electron chi connectivity index (χ1n) is 6.13. The van der Waals surface area contributed by atoms with Crippen LogP contribution in [-0.4, -0.2) is 59.9 Å². The molecule has 2 aliphatic heterocycles. The highest BCUT2D eigenvalue weighted by Gasteiger charge is 2.50. The molecule has 0 aliphatic carbocycles. The van der Waals surface area contributed by atoms with Crippen LogP contribution in [-0.2, 0) is 9.47 Å². The predicted octanol–water partition coefficient (Wildman–Crippen LogP) is 1.45. The van der Waals surface area contributed by atoms with Crippen molar-refractivity contribution in [3.8, 4) is 0 Å². The number of ether oxygens (including phenoxy) is 2. The van der Waals surface area contributed by atoms with Gasteiger partial charge in [0.2, 0.25) is 0 Å². The summed E-state index contributed by atoms with van der Waals surface area (Å²) in [4.78, 5) is 26.5. The van der Waals surface area contributed by atoms with Crippen LogP contribution >= 0.6 is 0 Å². The highest BCUT2D eigenvalue weighted by atomic mass is 16.6. The Kier molecular flexibility index (Phi) is 2.91. The fraction of sp³-hybridized carbons (Fsp3) is 0.833. The molecule has 2 saturated heterocycles. The monoisotopic (exact) mass is 256 g/mol. The molecule has 2 amide bonds. The summed E-state index contributed by atoms with van der Waals surface area (Å²) in [6.07, 6.45) is 0.00787. The molecule has 2 aliphatic rings. The average Bonchev–Trinajstić information content (AvgIpc) is 2.70. The molecule has 1 atom stereocenters. The number of likely N-dealkylation sites (tertiary alicyclic amines) is 1. The van der Waals surface area contributed by atoms with E-state index in [4.69, 9.17) is 9.47 Å². The Morgan fingerprint density at radius 2 is 2.06 bits per heavy atom. The third-order valence-corrected chi connectivity index (χ3v) is 3.11. The summed E-state index contributed by atoms with van der Waals surface area (Å²) >= 11 is 0. The lowest BCUT2D eigenvalue weighted by Crippen LogP contribution is -2.41. The summed E-state index contributed by atoms with van der Waals surface area (Å²) < 4.78 is 10.7. The molecule has 0 aromatic carbocycles. The lowest BCUT2D eigenvalue weighted by molar-refractivity contribution is 0.0200. The van der Waals surface area contributed by atoms with E-state index in [0.717, 1.165) is 0 Å². The quantitative estimate of drug-likeness (QED) is 0.658. The average molecular weight is 256 g/mol. The lowest BCUT2D eigenvalue weighted by Gasteiger charge is -2.25. The lowest BCUT2D eigenvalue weighted by atomic mass is 10.0. The maximum Gasteiger partial charge on any atom is 0.410 e. The normalized spacial score (nSPS) is 27.9. The molecule has 0 saturated carbocycles. The molecule has 2 fully saturated rings. The van der Waals surface area contributed by atoms with Crippen LogP contribution in [0.4, 0.5) is 9.59 Å². The molecule has 18 heavy (non-hydrogen) atoms. The maximum absolute atomic E-state index is 11.9. The Morgan fingerprint density at radius 1 is 1.39 bits per heavy atom. The molecular weight excluding hydrogens is 236 g/mol. The minimum atomic E-state index is -0.539. The van der Waals surface area contributed by atoms with Crippen LogP contribution in [0.5, 0.6) is 0 Å². The fourth-order valence-corrected chi connectivity index (χ4v) is 2.33. The third-order valence-electron chi connectivity index (χ3n) is 3.11. The fourth-order valence-electron chi connectivity index (χ4n) is 2.33. The van der Waals surface area contributed by atoms with Crippen LogP contribution in [0, 0.1) is 0 Å². The zero-order valence-corrected chi connectivity index (χ0v) is 11.4. The van der Waals surface area contributed by atoms with Gasteiger partial charge in [-0.05, 0) is 20.8 Å². The minimum absolute atomic E-state index is 0.318. The Hall–Kier alpha value is -1.46. The molecule has 2 heterocycles. The SMILES string of the molecule is CN1CC2(CCN(C(=O)OC(C)(C)C)C2)OC1=O. The second kappa shape index (κ2) is 4.03.